The summed E-state index contributed by atoms with van der Waals surface area (Å²) in [4.78, 5) is 17.9. The zero-order chi connectivity index (χ0) is 5.15. The van der Waals surface area contributed by atoms with Gasteiger partial charge in [0.05, 0.1) is 11.9 Å². The monoisotopic (exact) mass is 186 g/mol. The van der Waals surface area contributed by atoms with Gasteiger partial charge in [0.1, 0.15) is 0 Å². The molecule has 40 valence electrons. The smallest absolute Gasteiger partial charge is 0.0870 e. The van der Waals surface area contributed by atoms with E-state index in [1.807, 2.05) is 0 Å². The van der Waals surface area contributed by atoms with Crippen molar-refractivity contribution in [2.24, 2.45) is 0 Å². The largest absolute Gasteiger partial charge is 0.543 e. The first-order valence-corrected chi connectivity index (χ1v) is 1.07. The summed E-state index contributed by atoms with van der Waals surface area (Å²) in [6, 6.07) is 0. The van der Waals surface area contributed by atoms with E-state index in [0.29, 0.717) is 0 Å². The predicted octanol–water partition coefficient (Wildman–Crippen LogP) is -3.52. The Labute approximate surface area is 53.4 Å². The molecule has 0 radical (unpaired) electrons. The van der Waals surface area contributed by atoms with Gasteiger partial charge in [-0.05, 0) is 0 Å². The predicted molar refractivity (Wildman–Crippen MR) is 10.0 cm³/mol. The van der Waals surface area contributed by atoms with Crippen LogP contribution in [0.15, 0.2) is 0 Å². The molecule has 0 saturated carbocycles. The number of carboxylic acid groups (broad SMARTS) is 2. The molecule has 0 aliphatic carbocycles. The molecule has 0 atom stereocenters. The minimum absolute atomic E-state index is 0. The number of rotatable bonds is 0. The third-order valence-electron chi connectivity index (χ3n) is 0.167. The van der Waals surface area contributed by atoms with Crippen LogP contribution < -0.4 is 10.2 Å². The van der Waals surface area contributed by atoms with Gasteiger partial charge in [-0.2, -0.15) is 0 Å². The van der Waals surface area contributed by atoms with Crippen LogP contribution in [0.5, 0.6) is 0 Å². The van der Waals surface area contributed by atoms with Crippen molar-refractivity contribution in [2.45, 2.75) is 0 Å². The number of hydrogen-bond donors (Lipinski definition) is 0. The molecule has 0 aromatic rings. The van der Waals surface area contributed by atoms with Crippen molar-refractivity contribution >= 4 is 11.9 Å². The van der Waals surface area contributed by atoms with Crippen LogP contribution in [0.25, 0.3) is 0 Å². The van der Waals surface area contributed by atoms with Gasteiger partial charge < -0.3 is 19.8 Å². The van der Waals surface area contributed by atoms with Crippen LogP contribution in [-0.2, 0) is 30.7 Å². The molecular formula is C2MoO4-2. The Morgan fingerprint density at radius 1 is 1.00 bits per heavy atom. The second-order valence-corrected chi connectivity index (χ2v) is 0.575. The fourth-order valence-corrected chi connectivity index (χ4v) is 0. The van der Waals surface area contributed by atoms with Crippen LogP contribution in [0.2, 0.25) is 0 Å². The first-order chi connectivity index (χ1) is 2.64. The number of carbonyl (C=O) groups is 2. The van der Waals surface area contributed by atoms with Gasteiger partial charge >= 0.3 is 0 Å². The molecule has 0 aliphatic heterocycles. The van der Waals surface area contributed by atoms with E-state index in [4.69, 9.17) is 19.8 Å². The van der Waals surface area contributed by atoms with E-state index < -0.39 is 11.9 Å². The quantitative estimate of drug-likeness (QED) is 0.288. The topological polar surface area (TPSA) is 80.3 Å². The molecule has 7 heavy (non-hydrogen) atoms. The van der Waals surface area contributed by atoms with E-state index >= 15 is 0 Å². The summed E-state index contributed by atoms with van der Waals surface area (Å²) in [5.74, 6) is -4.37. The summed E-state index contributed by atoms with van der Waals surface area (Å²) in [6.07, 6.45) is 0. The van der Waals surface area contributed by atoms with Crippen molar-refractivity contribution in [3.05, 3.63) is 0 Å². The van der Waals surface area contributed by atoms with Crippen molar-refractivity contribution in [3.63, 3.8) is 0 Å². The van der Waals surface area contributed by atoms with E-state index in [1.165, 1.54) is 0 Å². The Balaban J connectivity index is 0. The van der Waals surface area contributed by atoms with Crippen molar-refractivity contribution in [1.82, 2.24) is 0 Å². The maximum absolute atomic E-state index is 8.93. The van der Waals surface area contributed by atoms with E-state index in [1.54, 1.807) is 0 Å². The third-order valence-corrected chi connectivity index (χ3v) is 0.167. The van der Waals surface area contributed by atoms with Crippen LogP contribution in [0.4, 0.5) is 0 Å². The van der Waals surface area contributed by atoms with E-state index in [-0.39, 0.29) is 21.1 Å². The molecule has 0 rings (SSSR count). The Kier molecular flexibility index (Phi) is 5.33. The van der Waals surface area contributed by atoms with E-state index in [0.717, 1.165) is 0 Å². The van der Waals surface area contributed by atoms with Crippen LogP contribution in [0, 0.1) is 0 Å². The van der Waals surface area contributed by atoms with Gasteiger partial charge in [0, 0.05) is 21.1 Å². The van der Waals surface area contributed by atoms with Gasteiger partial charge in [0.15, 0.2) is 0 Å². The average molecular weight is 184 g/mol. The zero-order valence-corrected chi connectivity index (χ0v) is 5.05. The molecule has 0 spiro atoms. The molecule has 0 aromatic heterocycles. The van der Waals surface area contributed by atoms with Gasteiger partial charge in [0.2, 0.25) is 0 Å². The molecule has 0 saturated heterocycles. The van der Waals surface area contributed by atoms with Crippen molar-refractivity contribution < 1.29 is 40.9 Å². The fourth-order valence-electron chi connectivity index (χ4n) is 0. The molecule has 0 heterocycles. The van der Waals surface area contributed by atoms with Gasteiger partial charge in [-0.15, -0.1) is 0 Å². The average Bonchev–Trinajstić information content (AvgIpc) is 1.36. The SMILES string of the molecule is O=C([O-])C(=O)[O-].[Mo]. The summed E-state index contributed by atoms with van der Waals surface area (Å²) >= 11 is 0. The third kappa shape index (κ3) is 5.63. The molecule has 0 aromatic carbocycles. The zero-order valence-electron chi connectivity index (χ0n) is 3.04. The molecule has 0 N–H and O–H groups in total. The summed E-state index contributed by atoms with van der Waals surface area (Å²) in [5, 5.41) is 17.9. The normalized spacial score (nSPS) is 6.29. The molecular weight excluding hydrogens is 184 g/mol. The van der Waals surface area contributed by atoms with Crippen LogP contribution in [-0.4, -0.2) is 11.9 Å². The molecule has 0 aliphatic rings. The van der Waals surface area contributed by atoms with Gasteiger partial charge in [-0.3, -0.25) is 0 Å². The number of carboxylic acids is 2. The Morgan fingerprint density at radius 3 is 1.14 bits per heavy atom. The summed E-state index contributed by atoms with van der Waals surface area (Å²) in [5.41, 5.74) is 0. The van der Waals surface area contributed by atoms with Gasteiger partial charge in [-0.1, -0.05) is 0 Å². The van der Waals surface area contributed by atoms with Crippen LogP contribution in [0.3, 0.4) is 0 Å². The second-order valence-electron chi connectivity index (χ2n) is 0.575. The van der Waals surface area contributed by atoms with Gasteiger partial charge in [-0.25, -0.2) is 0 Å². The molecule has 0 unspecified atom stereocenters. The van der Waals surface area contributed by atoms with Crippen molar-refractivity contribution in [3.8, 4) is 0 Å². The molecule has 0 fully saturated rings. The van der Waals surface area contributed by atoms with E-state index in [2.05, 4.69) is 0 Å². The Hall–Kier alpha value is -0.372. The molecule has 0 bridgehead atoms. The fraction of sp³-hybridized carbons (Fsp3) is 0. The van der Waals surface area contributed by atoms with Crippen molar-refractivity contribution in [1.29, 1.82) is 0 Å². The van der Waals surface area contributed by atoms with Crippen LogP contribution in [0.1, 0.15) is 0 Å². The van der Waals surface area contributed by atoms with Gasteiger partial charge in [0.25, 0.3) is 0 Å². The van der Waals surface area contributed by atoms with Crippen molar-refractivity contribution in [2.75, 3.05) is 0 Å². The minimum Gasteiger partial charge on any atom is -0.543 e. The Bertz CT molecular complexity index is 75.7. The molecule has 0 amide bonds. The number of hydrogen-bond acceptors (Lipinski definition) is 4. The maximum atomic E-state index is 8.93. The standard InChI is InChI=1S/C2H2O4.Mo/c3-1(4)2(5)6;/h(H,3,4)(H,5,6);/p-2. The first-order valence-electron chi connectivity index (χ1n) is 1.07. The maximum Gasteiger partial charge on any atom is 0.0870 e. The summed E-state index contributed by atoms with van der Waals surface area (Å²) in [7, 11) is 0. The second kappa shape index (κ2) is 3.81. The van der Waals surface area contributed by atoms with Crippen LogP contribution >= 0.6 is 0 Å². The summed E-state index contributed by atoms with van der Waals surface area (Å²) < 4.78 is 0. The number of aliphatic carboxylic acids is 2. The first kappa shape index (κ1) is 9.80. The number of carbonyl (C=O) groups excluding carboxylic acids is 2. The Morgan fingerprint density at radius 2 is 1.14 bits per heavy atom. The van der Waals surface area contributed by atoms with E-state index in [9.17, 15) is 0 Å². The minimum atomic E-state index is -2.19. The summed E-state index contributed by atoms with van der Waals surface area (Å²) in [6.45, 7) is 0. The molecule has 5 heteroatoms. The molecule has 4 nitrogen and oxygen atoms in total.